The van der Waals surface area contributed by atoms with Crippen molar-refractivity contribution in [3.05, 3.63) is 24.3 Å². The SMILES string of the molecule is Cn1nc(NC(=O)CCCCl)c2ccccc21. The Morgan fingerprint density at radius 2 is 2.24 bits per heavy atom. The fourth-order valence-electron chi connectivity index (χ4n) is 1.73. The summed E-state index contributed by atoms with van der Waals surface area (Å²) in [5, 5.41) is 8.05. The van der Waals surface area contributed by atoms with Gasteiger partial charge < -0.3 is 5.32 Å². The third-order valence-corrected chi connectivity index (χ3v) is 2.82. The van der Waals surface area contributed by atoms with E-state index in [1.165, 1.54) is 0 Å². The van der Waals surface area contributed by atoms with Crippen molar-refractivity contribution in [2.24, 2.45) is 7.05 Å². The zero-order chi connectivity index (χ0) is 12.3. The van der Waals surface area contributed by atoms with Crippen molar-refractivity contribution in [2.75, 3.05) is 11.2 Å². The van der Waals surface area contributed by atoms with Crippen LogP contribution in [0.3, 0.4) is 0 Å². The number of nitrogens with zero attached hydrogens (tertiary/aromatic N) is 2. The molecule has 1 aromatic carbocycles. The molecule has 0 bridgehead atoms. The van der Waals surface area contributed by atoms with Crippen LogP contribution in [-0.2, 0) is 11.8 Å². The summed E-state index contributed by atoms with van der Waals surface area (Å²) in [5.74, 6) is 1.06. The van der Waals surface area contributed by atoms with E-state index in [1.807, 2.05) is 31.3 Å². The molecule has 0 aliphatic rings. The molecule has 0 aliphatic carbocycles. The monoisotopic (exact) mass is 251 g/mol. The number of aromatic nitrogens is 2. The molecule has 0 unspecified atom stereocenters. The molecule has 0 aliphatic heterocycles. The summed E-state index contributed by atoms with van der Waals surface area (Å²) in [4.78, 5) is 11.6. The number of anilines is 1. The first-order valence-corrected chi connectivity index (χ1v) is 6.03. The van der Waals surface area contributed by atoms with Crippen LogP contribution in [0.15, 0.2) is 24.3 Å². The Morgan fingerprint density at radius 1 is 1.47 bits per heavy atom. The molecule has 90 valence electrons. The molecular formula is C12H14ClN3O. The number of hydrogen-bond acceptors (Lipinski definition) is 2. The first-order valence-electron chi connectivity index (χ1n) is 5.50. The molecule has 4 nitrogen and oxygen atoms in total. The van der Waals surface area contributed by atoms with E-state index in [1.54, 1.807) is 4.68 Å². The van der Waals surface area contributed by atoms with Crippen LogP contribution in [0.5, 0.6) is 0 Å². The zero-order valence-electron chi connectivity index (χ0n) is 9.61. The second-order valence-electron chi connectivity index (χ2n) is 3.83. The summed E-state index contributed by atoms with van der Waals surface area (Å²) in [7, 11) is 1.86. The van der Waals surface area contributed by atoms with Crippen LogP contribution in [0.1, 0.15) is 12.8 Å². The van der Waals surface area contributed by atoms with E-state index in [0.29, 0.717) is 24.5 Å². The molecule has 5 heteroatoms. The van der Waals surface area contributed by atoms with Crippen LogP contribution in [0.2, 0.25) is 0 Å². The Morgan fingerprint density at radius 3 is 3.00 bits per heavy atom. The van der Waals surface area contributed by atoms with E-state index in [-0.39, 0.29) is 5.91 Å². The number of fused-ring (bicyclic) bond motifs is 1. The highest BCUT2D eigenvalue weighted by Gasteiger charge is 2.10. The second-order valence-corrected chi connectivity index (χ2v) is 4.21. The summed E-state index contributed by atoms with van der Waals surface area (Å²) < 4.78 is 1.76. The smallest absolute Gasteiger partial charge is 0.225 e. The summed E-state index contributed by atoms with van der Waals surface area (Å²) >= 11 is 5.55. The van der Waals surface area contributed by atoms with Gasteiger partial charge in [0, 0.05) is 24.7 Å². The van der Waals surface area contributed by atoms with Crippen LogP contribution >= 0.6 is 11.6 Å². The Labute approximate surface area is 105 Å². The van der Waals surface area contributed by atoms with Crippen molar-refractivity contribution in [1.29, 1.82) is 0 Å². The quantitative estimate of drug-likeness (QED) is 0.849. The van der Waals surface area contributed by atoms with Crippen molar-refractivity contribution < 1.29 is 4.79 Å². The van der Waals surface area contributed by atoms with Crippen molar-refractivity contribution in [1.82, 2.24) is 9.78 Å². The highest BCUT2D eigenvalue weighted by Crippen LogP contribution is 2.21. The van der Waals surface area contributed by atoms with E-state index < -0.39 is 0 Å². The van der Waals surface area contributed by atoms with Crippen LogP contribution in [0, 0.1) is 0 Å². The molecule has 0 spiro atoms. The fraction of sp³-hybridized carbons (Fsp3) is 0.333. The average Bonchev–Trinajstić information content (AvgIpc) is 2.65. The first kappa shape index (κ1) is 11.9. The third-order valence-electron chi connectivity index (χ3n) is 2.55. The largest absolute Gasteiger partial charge is 0.309 e. The maximum absolute atomic E-state index is 11.6. The number of aryl methyl sites for hydroxylation is 1. The van der Waals surface area contributed by atoms with Gasteiger partial charge in [0.25, 0.3) is 0 Å². The average molecular weight is 252 g/mol. The maximum Gasteiger partial charge on any atom is 0.225 e. The number of carbonyl (C=O) groups excluding carboxylic acids is 1. The molecule has 2 rings (SSSR count). The van der Waals surface area contributed by atoms with Gasteiger partial charge in [0.1, 0.15) is 0 Å². The predicted octanol–water partition coefficient (Wildman–Crippen LogP) is 2.53. The summed E-state index contributed by atoms with van der Waals surface area (Å²) in [6, 6.07) is 7.79. The van der Waals surface area contributed by atoms with E-state index in [0.717, 1.165) is 10.9 Å². The Kier molecular flexibility index (Phi) is 3.64. The molecule has 1 heterocycles. The fourth-order valence-corrected chi connectivity index (χ4v) is 1.86. The van der Waals surface area contributed by atoms with Crippen LogP contribution in [0.4, 0.5) is 5.82 Å². The number of halogens is 1. The number of para-hydroxylation sites is 1. The maximum atomic E-state index is 11.6. The minimum atomic E-state index is -0.0468. The number of alkyl halides is 1. The van der Waals surface area contributed by atoms with Crippen LogP contribution in [0.25, 0.3) is 10.9 Å². The van der Waals surface area contributed by atoms with Gasteiger partial charge in [-0.05, 0) is 18.6 Å². The molecule has 0 saturated carbocycles. The van der Waals surface area contributed by atoms with Crippen molar-refractivity contribution in [3.63, 3.8) is 0 Å². The molecule has 1 amide bonds. The molecule has 0 radical (unpaired) electrons. The summed E-state index contributed by atoms with van der Waals surface area (Å²) in [6.45, 7) is 0. The van der Waals surface area contributed by atoms with Gasteiger partial charge in [-0.3, -0.25) is 9.48 Å². The van der Waals surface area contributed by atoms with E-state index in [2.05, 4.69) is 10.4 Å². The number of benzene rings is 1. The molecule has 0 atom stereocenters. The Bertz CT molecular complexity index is 536. The predicted molar refractivity (Wildman–Crippen MR) is 69.3 cm³/mol. The number of nitrogens with one attached hydrogen (secondary N) is 1. The lowest BCUT2D eigenvalue weighted by Gasteiger charge is -2.00. The van der Waals surface area contributed by atoms with Crippen molar-refractivity contribution >= 4 is 34.2 Å². The van der Waals surface area contributed by atoms with Gasteiger partial charge in [-0.2, -0.15) is 5.10 Å². The van der Waals surface area contributed by atoms with Gasteiger partial charge in [0.2, 0.25) is 5.91 Å². The molecule has 17 heavy (non-hydrogen) atoms. The third kappa shape index (κ3) is 2.58. The lowest BCUT2D eigenvalue weighted by molar-refractivity contribution is -0.116. The van der Waals surface area contributed by atoms with Crippen molar-refractivity contribution in [3.8, 4) is 0 Å². The standard InChI is InChI=1S/C12H14ClN3O/c1-16-10-6-3-2-5-9(10)12(15-16)14-11(17)7-4-8-13/h2-3,5-6H,4,7-8H2,1H3,(H,14,15,17). The van der Waals surface area contributed by atoms with E-state index >= 15 is 0 Å². The van der Waals surface area contributed by atoms with Crippen LogP contribution < -0.4 is 5.32 Å². The van der Waals surface area contributed by atoms with Crippen LogP contribution in [-0.4, -0.2) is 21.6 Å². The normalized spacial score (nSPS) is 10.7. The highest BCUT2D eigenvalue weighted by molar-refractivity contribution is 6.18. The van der Waals surface area contributed by atoms with Gasteiger partial charge in [0.05, 0.1) is 5.52 Å². The first-order chi connectivity index (χ1) is 8.22. The molecule has 1 N–H and O–H groups in total. The zero-order valence-corrected chi connectivity index (χ0v) is 10.4. The molecule has 0 fully saturated rings. The molecule has 1 aromatic heterocycles. The van der Waals surface area contributed by atoms with Gasteiger partial charge >= 0.3 is 0 Å². The molecule has 0 saturated heterocycles. The second kappa shape index (κ2) is 5.19. The lowest BCUT2D eigenvalue weighted by Crippen LogP contribution is -2.12. The van der Waals surface area contributed by atoms with Gasteiger partial charge in [-0.25, -0.2) is 0 Å². The van der Waals surface area contributed by atoms with Gasteiger partial charge in [-0.15, -0.1) is 11.6 Å². The van der Waals surface area contributed by atoms with E-state index in [9.17, 15) is 4.79 Å². The summed E-state index contributed by atoms with van der Waals surface area (Å²) in [6.07, 6.45) is 1.10. The number of hydrogen-bond donors (Lipinski definition) is 1. The highest BCUT2D eigenvalue weighted by atomic mass is 35.5. The molecular weight excluding hydrogens is 238 g/mol. The topological polar surface area (TPSA) is 46.9 Å². The van der Waals surface area contributed by atoms with Gasteiger partial charge in [-0.1, -0.05) is 12.1 Å². The Balaban J connectivity index is 2.21. The Hall–Kier alpha value is -1.55. The minimum Gasteiger partial charge on any atom is -0.309 e. The van der Waals surface area contributed by atoms with Crippen molar-refractivity contribution in [2.45, 2.75) is 12.8 Å². The number of amides is 1. The lowest BCUT2D eigenvalue weighted by atomic mass is 10.2. The van der Waals surface area contributed by atoms with Gasteiger partial charge in [0.15, 0.2) is 5.82 Å². The number of carbonyl (C=O) groups is 1. The number of rotatable bonds is 4. The van der Waals surface area contributed by atoms with E-state index in [4.69, 9.17) is 11.6 Å². The summed E-state index contributed by atoms with van der Waals surface area (Å²) in [5.41, 5.74) is 1.00. The molecule has 2 aromatic rings. The minimum absolute atomic E-state index is 0.0468.